The van der Waals surface area contributed by atoms with E-state index in [4.69, 9.17) is 0 Å². The van der Waals surface area contributed by atoms with Crippen molar-refractivity contribution >= 4 is 21.7 Å². The average Bonchev–Trinajstić information content (AvgIpc) is 3.38. The van der Waals surface area contributed by atoms with Crippen molar-refractivity contribution in [3.05, 3.63) is 77.7 Å². The Bertz CT molecular complexity index is 1410. The molecule has 0 saturated carbocycles. The Morgan fingerprint density at radius 2 is 1.73 bits per heavy atom. The van der Waals surface area contributed by atoms with Crippen LogP contribution >= 0.6 is 0 Å². The number of carbonyl (C=O) groups excluding carboxylic acids is 2. The number of nitrogens with zero attached hydrogens (tertiary/aromatic N) is 3. The van der Waals surface area contributed by atoms with Crippen LogP contribution in [0.1, 0.15) is 41.4 Å². The first-order chi connectivity index (χ1) is 17.5. The summed E-state index contributed by atoms with van der Waals surface area (Å²) in [7, 11) is -3.96. The molecule has 0 radical (unpaired) electrons. The minimum absolute atomic E-state index is 0.00539. The van der Waals surface area contributed by atoms with Gasteiger partial charge in [0.25, 0.3) is 0 Å². The van der Waals surface area contributed by atoms with Gasteiger partial charge < -0.3 is 5.32 Å². The van der Waals surface area contributed by atoms with Gasteiger partial charge in [-0.1, -0.05) is 24.3 Å². The molecule has 12 heteroatoms. The van der Waals surface area contributed by atoms with Crippen LogP contribution in [0.5, 0.6) is 0 Å². The third-order valence-corrected chi connectivity index (χ3v) is 7.97. The van der Waals surface area contributed by atoms with Crippen LogP contribution in [0.3, 0.4) is 0 Å². The predicted octanol–water partition coefficient (Wildman–Crippen LogP) is 3.83. The molecule has 1 N–H and O–H groups in total. The van der Waals surface area contributed by atoms with Crippen molar-refractivity contribution in [2.45, 2.75) is 43.4 Å². The monoisotopic (exact) mass is 532 g/mol. The Kier molecular flexibility index (Phi) is 7.42. The van der Waals surface area contributed by atoms with Crippen molar-refractivity contribution in [2.24, 2.45) is 0 Å². The molecule has 37 heavy (non-hydrogen) atoms. The lowest BCUT2D eigenvalue weighted by atomic mass is 10.1. The Labute approximate surface area is 211 Å². The molecule has 3 aromatic rings. The van der Waals surface area contributed by atoms with E-state index >= 15 is 0 Å². The second kappa shape index (κ2) is 10.4. The zero-order chi connectivity index (χ0) is 26.8. The summed E-state index contributed by atoms with van der Waals surface area (Å²) >= 11 is 0. The van der Waals surface area contributed by atoms with Crippen molar-refractivity contribution in [2.75, 3.05) is 6.54 Å². The van der Waals surface area contributed by atoms with Crippen LogP contribution in [-0.4, -0.2) is 47.0 Å². The predicted molar refractivity (Wildman–Crippen MR) is 128 cm³/mol. The molecule has 1 aromatic heterocycles. The van der Waals surface area contributed by atoms with Crippen molar-refractivity contribution in [3.8, 4) is 11.3 Å². The molecule has 8 nitrogen and oxygen atoms in total. The fourth-order valence-corrected chi connectivity index (χ4v) is 5.72. The maximum atomic E-state index is 13.2. The van der Waals surface area contributed by atoms with Gasteiger partial charge >= 0.3 is 6.18 Å². The number of hydrogen-bond acceptors (Lipinski definition) is 6. The summed E-state index contributed by atoms with van der Waals surface area (Å²) < 4.78 is 65.9. The number of sulfonamides is 1. The van der Waals surface area contributed by atoms with Crippen molar-refractivity contribution in [1.82, 2.24) is 19.6 Å². The zero-order valence-corrected chi connectivity index (χ0v) is 20.5. The van der Waals surface area contributed by atoms with Gasteiger partial charge in [0.2, 0.25) is 15.9 Å². The molecule has 1 saturated heterocycles. The molecule has 1 atom stereocenters. The van der Waals surface area contributed by atoms with Gasteiger partial charge in [0.05, 0.1) is 28.4 Å². The summed E-state index contributed by atoms with van der Waals surface area (Å²) in [6, 6.07) is 10.7. The number of rotatable bonds is 7. The van der Waals surface area contributed by atoms with Crippen LogP contribution in [0.2, 0.25) is 0 Å². The third kappa shape index (κ3) is 5.86. The molecule has 4 rings (SSSR count). The van der Waals surface area contributed by atoms with E-state index in [-0.39, 0.29) is 23.8 Å². The first-order valence-electron chi connectivity index (χ1n) is 11.4. The summed E-state index contributed by atoms with van der Waals surface area (Å²) in [6.45, 7) is 1.54. The molecule has 1 amide bonds. The van der Waals surface area contributed by atoms with Crippen molar-refractivity contribution in [3.63, 3.8) is 0 Å². The molecule has 1 unspecified atom stereocenters. The summed E-state index contributed by atoms with van der Waals surface area (Å²) in [6.07, 6.45) is -2.35. The quantitative estimate of drug-likeness (QED) is 0.463. The summed E-state index contributed by atoms with van der Waals surface area (Å²) in [5.41, 5.74) is 0.850. The van der Waals surface area contributed by atoms with Crippen LogP contribution in [0.15, 0.2) is 65.8 Å². The van der Waals surface area contributed by atoms with Gasteiger partial charge in [-0.25, -0.2) is 18.4 Å². The molecule has 1 fully saturated rings. The Morgan fingerprint density at radius 3 is 2.35 bits per heavy atom. The number of aromatic nitrogens is 2. The van der Waals surface area contributed by atoms with E-state index in [0.29, 0.717) is 35.4 Å². The van der Waals surface area contributed by atoms with E-state index in [1.807, 2.05) is 0 Å². The van der Waals surface area contributed by atoms with Crippen LogP contribution in [0.25, 0.3) is 11.3 Å². The van der Waals surface area contributed by atoms with Crippen LogP contribution < -0.4 is 5.32 Å². The molecule has 2 heterocycles. The number of ketones is 1. The molecule has 0 bridgehead atoms. The van der Waals surface area contributed by atoms with E-state index in [1.54, 1.807) is 6.07 Å². The smallest absolute Gasteiger partial charge is 0.349 e. The fraction of sp³-hybridized carbons (Fsp3) is 0.280. The molecular weight excluding hydrogens is 509 g/mol. The SMILES string of the molecule is CC(=O)c1ccc(S(=O)(=O)N2CCCC2C(=O)NCc2cc(-c3ccc(C(F)(F)F)cc3)ncn2)cc1. The highest BCUT2D eigenvalue weighted by atomic mass is 32.2. The average molecular weight is 533 g/mol. The van der Waals surface area contributed by atoms with Crippen LogP contribution in [-0.2, 0) is 27.5 Å². The normalized spacial score (nSPS) is 16.5. The zero-order valence-electron chi connectivity index (χ0n) is 19.7. The third-order valence-electron chi connectivity index (χ3n) is 6.05. The topological polar surface area (TPSA) is 109 Å². The van der Waals surface area contributed by atoms with Gasteiger partial charge in [0.15, 0.2) is 5.78 Å². The van der Waals surface area contributed by atoms with Crippen molar-refractivity contribution in [1.29, 1.82) is 0 Å². The molecule has 1 aliphatic rings. The van der Waals surface area contributed by atoms with Gasteiger partial charge in [-0.15, -0.1) is 0 Å². The standard InChI is InChI=1S/C25H23F3N4O4S/c1-16(33)17-6-10-21(11-7-17)37(35,36)32-12-2-3-23(32)24(34)29-14-20-13-22(31-15-30-20)18-4-8-19(9-5-18)25(26,27)28/h4-11,13,15,23H,2-3,12,14H2,1H3,(H,29,34). The fourth-order valence-electron chi connectivity index (χ4n) is 4.06. The van der Waals surface area contributed by atoms with Crippen LogP contribution in [0, 0.1) is 0 Å². The van der Waals surface area contributed by atoms with Gasteiger partial charge in [-0.05, 0) is 50.1 Å². The molecule has 1 aliphatic heterocycles. The first-order valence-corrected chi connectivity index (χ1v) is 12.8. The number of hydrogen-bond donors (Lipinski definition) is 1. The number of alkyl halides is 3. The molecule has 0 aliphatic carbocycles. The van der Waals surface area contributed by atoms with Crippen molar-refractivity contribution < 1.29 is 31.2 Å². The van der Waals surface area contributed by atoms with E-state index in [0.717, 1.165) is 16.4 Å². The number of Topliss-reactive ketones (excluding diaryl/α,β-unsaturated/α-hetero) is 1. The summed E-state index contributed by atoms with van der Waals surface area (Å²) in [5.74, 6) is -0.676. The molecule has 194 valence electrons. The second-order valence-corrected chi connectivity index (χ2v) is 10.4. The van der Waals surface area contributed by atoms with E-state index in [9.17, 15) is 31.2 Å². The Balaban J connectivity index is 1.44. The highest BCUT2D eigenvalue weighted by Gasteiger charge is 2.39. The minimum Gasteiger partial charge on any atom is -0.349 e. The highest BCUT2D eigenvalue weighted by molar-refractivity contribution is 7.89. The number of halogens is 3. The minimum atomic E-state index is -4.45. The first kappa shape index (κ1) is 26.4. The largest absolute Gasteiger partial charge is 0.416 e. The lowest BCUT2D eigenvalue weighted by molar-refractivity contribution is -0.137. The van der Waals surface area contributed by atoms with E-state index in [2.05, 4.69) is 15.3 Å². The maximum absolute atomic E-state index is 13.2. The van der Waals surface area contributed by atoms with Crippen LogP contribution in [0.4, 0.5) is 13.2 Å². The number of nitrogens with one attached hydrogen (secondary N) is 1. The lowest BCUT2D eigenvalue weighted by Crippen LogP contribution is -2.45. The second-order valence-electron chi connectivity index (χ2n) is 8.54. The Hall–Kier alpha value is -3.64. The number of benzene rings is 2. The lowest BCUT2D eigenvalue weighted by Gasteiger charge is -2.23. The van der Waals surface area contributed by atoms with Gasteiger partial charge in [-0.3, -0.25) is 9.59 Å². The summed E-state index contributed by atoms with van der Waals surface area (Å²) in [5, 5.41) is 2.70. The molecule has 0 spiro atoms. The highest BCUT2D eigenvalue weighted by Crippen LogP contribution is 2.31. The van der Waals surface area contributed by atoms with E-state index < -0.39 is 33.7 Å². The number of amides is 1. The molecule has 2 aromatic carbocycles. The van der Waals surface area contributed by atoms with E-state index in [1.165, 1.54) is 49.6 Å². The van der Waals surface area contributed by atoms with Gasteiger partial charge in [-0.2, -0.15) is 17.5 Å². The maximum Gasteiger partial charge on any atom is 0.416 e. The van der Waals surface area contributed by atoms with Gasteiger partial charge in [0, 0.05) is 17.7 Å². The summed E-state index contributed by atoms with van der Waals surface area (Å²) in [4.78, 5) is 32.6. The van der Waals surface area contributed by atoms with Gasteiger partial charge in [0.1, 0.15) is 12.4 Å². The number of carbonyl (C=O) groups is 2. The Morgan fingerprint density at radius 1 is 1.05 bits per heavy atom. The molecular formula is C25H23F3N4O4S.